The topological polar surface area (TPSA) is 78.5 Å². The van der Waals surface area contributed by atoms with Gasteiger partial charge in [0, 0.05) is 12.1 Å². The Morgan fingerprint density at radius 2 is 1.72 bits per heavy atom. The molecule has 1 heterocycles. The number of benzene rings is 2. The van der Waals surface area contributed by atoms with Crippen LogP contribution in [0.2, 0.25) is 0 Å². The Labute approximate surface area is 209 Å². The first-order valence-electron chi connectivity index (χ1n) is 12.4. The lowest BCUT2D eigenvalue weighted by molar-refractivity contribution is -0.140. The van der Waals surface area contributed by atoms with Crippen molar-refractivity contribution in [1.82, 2.24) is 15.5 Å². The highest BCUT2D eigenvalue weighted by molar-refractivity contribution is 5.92. The SMILES string of the molecule is C[C@H](NC(=O)Cc1cc(F)cc(F)c1)C(=O)N[C@H]1CC=C[C@@H](c2ccccc2)N(C2CCCC2)C1=O. The van der Waals surface area contributed by atoms with Crippen LogP contribution in [0, 0.1) is 11.6 Å². The molecule has 6 nitrogen and oxygen atoms in total. The summed E-state index contributed by atoms with van der Waals surface area (Å²) < 4.78 is 26.8. The summed E-state index contributed by atoms with van der Waals surface area (Å²) in [5.74, 6) is -2.73. The number of nitrogens with zero attached hydrogens (tertiary/aromatic N) is 1. The summed E-state index contributed by atoms with van der Waals surface area (Å²) in [6.45, 7) is 1.51. The highest BCUT2D eigenvalue weighted by Gasteiger charge is 2.38. The van der Waals surface area contributed by atoms with E-state index in [0.717, 1.165) is 49.4 Å². The molecule has 2 aliphatic rings. The predicted octanol–water partition coefficient (Wildman–Crippen LogP) is 3.97. The van der Waals surface area contributed by atoms with Gasteiger partial charge in [-0.1, -0.05) is 55.3 Å². The summed E-state index contributed by atoms with van der Waals surface area (Å²) in [4.78, 5) is 40.9. The molecule has 36 heavy (non-hydrogen) atoms. The summed E-state index contributed by atoms with van der Waals surface area (Å²) in [5, 5.41) is 5.35. The maximum atomic E-state index is 13.7. The molecule has 3 amide bonds. The van der Waals surface area contributed by atoms with Crippen molar-refractivity contribution in [3.8, 4) is 0 Å². The van der Waals surface area contributed by atoms with Gasteiger partial charge in [-0.2, -0.15) is 0 Å². The van der Waals surface area contributed by atoms with Crippen LogP contribution in [0.3, 0.4) is 0 Å². The predicted molar refractivity (Wildman–Crippen MR) is 132 cm³/mol. The standard InChI is InChI=1S/C28H31F2N3O3/c1-18(31-26(34)16-19-14-21(29)17-22(30)15-19)27(35)32-24-12-7-13-25(20-8-3-2-4-9-20)33(28(24)36)23-10-5-6-11-23/h2-4,7-9,13-15,17-18,23-25H,5-6,10-12,16H2,1H3,(H,31,34)(H,32,35)/t18-,24-,25-/m0/s1. The third-order valence-electron chi connectivity index (χ3n) is 6.78. The highest BCUT2D eigenvalue weighted by Crippen LogP contribution is 2.34. The number of carbonyl (C=O) groups excluding carboxylic acids is 3. The van der Waals surface area contributed by atoms with Crippen LogP contribution in [0.5, 0.6) is 0 Å². The van der Waals surface area contributed by atoms with E-state index in [2.05, 4.69) is 10.6 Å². The van der Waals surface area contributed by atoms with Crippen LogP contribution in [0.15, 0.2) is 60.7 Å². The zero-order valence-corrected chi connectivity index (χ0v) is 20.3. The smallest absolute Gasteiger partial charge is 0.246 e. The molecule has 190 valence electrons. The lowest BCUT2D eigenvalue weighted by Crippen LogP contribution is -2.54. The molecule has 8 heteroatoms. The molecular formula is C28H31F2N3O3. The zero-order valence-electron chi connectivity index (χ0n) is 20.3. The van der Waals surface area contributed by atoms with Gasteiger partial charge >= 0.3 is 0 Å². The largest absolute Gasteiger partial charge is 0.344 e. The van der Waals surface area contributed by atoms with Gasteiger partial charge in [0.2, 0.25) is 17.7 Å². The fourth-order valence-electron chi connectivity index (χ4n) is 5.04. The average Bonchev–Trinajstić information content (AvgIpc) is 3.31. The second-order valence-electron chi connectivity index (χ2n) is 9.51. The molecule has 0 radical (unpaired) electrons. The van der Waals surface area contributed by atoms with Crippen molar-refractivity contribution >= 4 is 17.7 Å². The van der Waals surface area contributed by atoms with Crippen molar-refractivity contribution < 1.29 is 23.2 Å². The van der Waals surface area contributed by atoms with Crippen molar-refractivity contribution in [2.45, 2.75) is 69.6 Å². The average molecular weight is 496 g/mol. The van der Waals surface area contributed by atoms with E-state index in [1.165, 1.54) is 6.92 Å². The highest BCUT2D eigenvalue weighted by atomic mass is 19.1. The third-order valence-corrected chi connectivity index (χ3v) is 6.78. The molecule has 3 atom stereocenters. The number of amides is 3. The molecule has 2 aromatic rings. The molecule has 1 aliphatic carbocycles. The van der Waals surface area contributed by atoms with Gasteiger partial charge in [-0.15, -0.1) is 0 Å². The van der Waals surface area contributed by atoms with E-state index < -0.39 is 35.5 Å². The summed E-state index contributed by atoms with van der Waals surface area (Å²) >= 11 is 0. The van der Waals surface area contributed by atoms with Gasteiger partial charge < -0.3 is 15.5 Å². The fraction of sp³-hybridized carbons (Fsp3) is 0.393. The van der Waals surface area contributed by atoms with Gasteiger partial charge in [0.1, 0.15) is 23.7 Å². The van der Waals surface area contributed by atoms with Gasteiger partial charge in [0.25, 0.3) is 0 Å². The number of rotatable bonds is 7. The summed E-state index contributed by atoms with van der Waals surface area (Å²) in [7, 11) is 0. The second kappa shape index (κ2) is 11.5. The van der Waals surface area contributed by atoms with E-state index in [0.29, 0.717) is 6.42 Å². The Morgan fingerprint density at radius 1 is 1.06 bits per heavy atom. The molecule has 0 unspecified atom stereocenters. The zero-order chi connectivity index (χ0) is 25.7. The normalized spacial score (nSPS) is 21.2. The summed E-state index contributed by atoms with van der Waals surface area (Å²) in [5.41, 5.74) is 1.19. The van der Waals surface area contributed by atoms with Gasteiger partial charge in [-0.05, 0) is 49.4 Å². The van der Waals surface area contributed by atoms with Crippen molar-refractivity contribution in [1.29, 1.82) is 0 Å². The number of nitrogens with one attached hydrogen (secondary N) is 2. The maximum Gasteiger partial charge on any atom is 0.246 e. The first kappa shape index (κ1) is 25.5. The molecule has 2 aromatic carbocycles. The monoisotopic (exact) mass is 495 g/mol. The van der Waals surface area contributed by atoms with Gasteiger partial charge in [-0.25, -0.2) is 8.78 Å². The minimum atomic E-state index is -0.930. The van der Waals surface area contributed by atoms with Crippen LogP contribution in [0.1, 0.15) is 56.2 Å². The molecule has 1 fully saturated rings. The van der Waals surface area contributed by atoms with Gasteiger partial charge in [-0.3, -0.25) is 14.4 Å². The minimum Gasteiger partial charge on any atom is -0.344 e. The first-order chi connectivity index (χ1) is 17.3. The fourth-order valence-corrected chi connectivity index (χ4v) is 5.04. The molecule has 2 N–H and O–H groups in total. The Morgan fingerprint density at radius 3 is 2.39 bits per heavy atom. The molecule has 0 spiro atoms. The molecule has 4 rings (SSSR count). The van der Waals surface area contributed by atoms with E-state index in [9.17, 15) is 23.2 Å². The van der Waals surface area contributed by atoms with Crippen molar-refractivity contribution in [3.05, 3.63) is 83.4 Å². The van der Waals surface area contributed by atoms with E-state index in [4.69, 9.17) is 0 Å². The molecule has 0 aromatic heterocycles. The lowest BCUT2D eigenvalue weighted by atomic mass is 10.0. The number of hydrogen-bond donors (Lipinski definition) is 2. The Bertz CT molecular complexity index is 1110. The number of carbonyl (C=O) groups is 3. The van der Waals surface area contributed by atoms with Crippen LogP contribution in [-0.4, -0.2) is 40.7 Å². The minimum absolute atomic E-state index is 0.105. The van der Waals surface area contributed by atoms with Crippen LogP contribution >= 0.6 is 0 Å². The summed E-state index contributed by atoms with van der Waals surface area (Å²) in [6.07, 6.45) is 8.02. The van der Waals surface area contributed by atoms with Crippen molar-refractivity contribution in [3.63, 3.8) is 0 Å². The third kappa shape index (κ3) is 6.17. The second-order valence-corrected chi connectivity index (χ2v) is 9.51. The summed E-state index contributed by atoms with van der Waals surface area (Å²) in [6, 6.07) is 11.0. The van der Waals surface area contributed by atoms with Gasteiger partial charge in [0.05, 0.1) is 12.5 Å². The van der Waals surface area contributed by atoms with Crippen LogP contribution in [-0.2, 0) is 20.8 Å². The maximum absolute atomic E-state index is 13.7. The van der Waals surface area contributed by atoms with Crippen LogP contribution < -0.4 is 10.6 Å². The molecule has 1 aliphatic heterocycles. The number of hydrogen-bond acceptors (Lipinski definition) is 3. The van der Waals surface area contributed by atoms with Crippen molar-refractivity contribution in [2.75, 3.05) is 0 Å². The quantitative estimate of drug-likeness (QED) is 0.571. The first-order valence-corrected chi connectivity index (χ1v) is 12.4. The van der Waals surface area contributed by atoms with Gasteiger partial charge in [0.15, 0.2) is 0 Å². The molecule has 1 saturated carbocycles. The Balaban J connectivity index is 1.42. The van der Waals surface area contributed by atoms with E-state index in [1.807, 2.05) is 47.4 Å². The van der Waals surface area contributed by atoms with E-state index in [-0.39, 0.29) is 30.0 Å². The Hall–Kier alpha value is -3.55. The van der Waals surface area contributed by atoms with Crippen LogP contribution in [0.4, 0.5) is 8.78 Å². The molecule has 0 saturated heterocycles. The van der Waals surface area contributed by atoms with Crippen LogP contribution in [0.25, 0.3) is 0 Å². The molecule has 0 bridgehead atoms. The molecular weight excluding hydrogens is 464 g/mol. The van der Waals surface area contributed by atoms with E-state index >= 15 is 0 Å². The van der Waals surface area contributed by atoms with E-state index in [1.54, 1.807) is 0 Å². The van der Waals surface area contributed by atoms with Crippen molar-refractivity contribution in [2.24, 2.45) is 0 Å². The Kier molecular flexibility index (Phi) is 8.13. The number of halogens is 2. The lowest BCUT2D eigenvalue weighted by Gasteiger charge is -2.36.